The van der Waals surface area contributed by atoms with E-state index in [4.69, 9.17) is 26.6 Å². The van der Waals surface area contributed by atoms with Gasteiger partial charge in [-0.2, -0.15) is 0 Å². The second-order valence-corrected chi connectivity index (χ2v) is 8.92. The number of nitrogens with one attached hydrogen (secondary N) is 2. The predicted octanol–water partition coefficient (Wildman–Crippen LogP) is 5.68. The van der Waals surface area contributed by atoms with E-state index in [0.29, 0.717) is 0 Å². The zero-order valence-corrected chi connectivity index (χ0v) is 21.0. The molecule has 0 spiro atoms. The highest BCUT2D eigenvalue weighted by Crippen LogP contribution is 2.31. The second-order valence-electron chi connectivity index (χ2n) is 8.51. The molecule has 0 aromatic heterocycles. The van der Waals surface area contributed by atoms with Crippen molar-refractivity contribution in [1.82, 2.24) is 5.32 Å². The number of carbonyl (C=O) groups is 2. The Bertz CT molecular complexity index is 1170. The van der Waals surface area contributed by atoms with E-state index in [-0.39, 0.29) is 12.8 Å². The maximum atomic E-state index is 9.64. The monoisotopic (exact) mass is 510 g/mol. The molecule has 4 rings (SSSR count). The van der Waals surface area contributed by atoms with Crippen LogP contribution in [0.4, 0.5) is 5.69 Å². The second kappa shape index (κ2) is 13.5. The molecule has 0 bridgehead atoms. The summed E-state index contributed by atoms with van der Waals surface area (Å²) in [6.45, 7) is 4.81. The zero-order chi connectivity index (χ0) is 25.9. The Kier molecular flexibility index (Phi) is 10.2. The highest BCUT2D eigenvalue weighted by atomic mass is 35.5. The SMILES string of the molecule is Cc1cccc(Oc2ccc(CNc3c(Cl)ccc4c3CCNCC4)cc2)c1.O=C(O)CCC(=O)O. The molecule has 0 saturated heterocycles. The van der Waals surface area contributed by atoms with Gasteiger partial charge in [0.2, 0.25) is 0 Å². The molecule has 0 fully saturated rings. The highest BCUT2D eigenvalue weighted by Gasteiger charge is 2.14. The average Bonchev–Trinajstić information content (AvgIpc) is 3.09. The Morgan fingerprint density at radius 1 is 0.944 bits per heavy atom. The number of ether oxygens (including phenoxy) is 1. The van der Waals surface area contributed by atoms with Crippen LogP contribution >= 0.6 is 11.6 Å². The van der Waals surface area contributed by atoms with Gasteiger partial charge in [0.25, 0.3) is 0 Å². The summed E-state index contributed by atoms with van der Waals surface area (Å²) in [7, 11) is 0. The Balaban J connectivity index is 0.000000392. The van der Waals surface area contributed by atoms with E-state index in [1.54, 1.807) is 0 Å². The molecular weight excluding hydrogens is 480 g/mol. The van der Waals surface area contributed by atoms with Crippen molar-refractivity contribution in [3.63, 3.8) is 0 Å². The van der Waals surface area contributed by atoms with Crippen LogP contribution in [0.15, 0.2) is 60.7 Å². The molecule has 1 aliphatic heterocycles. The molecular formula is C28H31ClN2O5. The summed E-state index contributed by atoms with van der Waals surface area (Å²) in [6.07, 6.45) is 1.46. The van der Waals surface area contributed by atoms with Gasteiger partial charge in [0.05, 0.1) is 23.6 Å². The number of hydrogen-bond donors (Lipinski definition) is 4. The quantitative estimate of drug-likeness (QED) is 0.309. The van der Waals surface area contributed by atoms with Gasteiger partial charge >= 0.3 is 11.9 Å². The molecule has 3 aromatic carbocycles. The lowest BCUT2D eigenvalue weighted by atomic mass is 10.0. The number of aryl methyl sites for hydroxylation is 1. The van der Waals surface area contributed by atoms with Crippen molar-refractivity contribution in [2.24, 2.45) is 0 Å². The Morgan fingerprint density at radius 3 is 2.31 bits per heavy atom. The topological polar surface area (TPSA) is 108 Å². The lowest BCUT2D eigenvalue weighted by Gasteiger charge is -2.16. The van der Waals surface area contributed by atoms with Gasteiger partial charge in [0.15, 0.2) is 0 Å². The molecule has 190 valence electrons. The van der Waals surface area contributed by atoms with Crippen molar-refractivity contribution in [2.75, 3.05) is 18.4 Å². The van der Waals surface area contributed by atoms with Gasteiger partial charge in [0, 0.05) is 6.54 Å². The number of rotatable bonds is 8. The maximum absolute atomic E-state index is 9.64. The van der Waals surface area contributed by atoms with Crippen molar-refractivity contribution in [3.05, 3.63) is 87.9 Å². The van der Waals surface area contributed by atoms with E-state index in [0.717, 1.165) is 54.7 Å². The number of fused-ring (bicyclic) bond motifs is 1. The van der Waals surface area contributed by atoms with Crippen LogP contribution in [0.5, 0.6) is 11.5 Å². The third-order valence-corrected chi connectivity index (χ3v) is 5.97. The minimum atomic E-state index is -1.08. The van der Waals surface area contributed by atoms with E-state index in [2.05, 4.69) is 41.8 Å². The van der Waals surface area contributed by atoms with E-state index in [9.17, 15) is 9.59 Å². The Labute approximate surface area is 216 Å². The van der Waals surface area contributed by atoms with Gasteiger partial charge in [-0.1, -0.05) is 41.9 Å². The zero-order valence-electron chi connectivity index (χ0n) is 20.2. The van der Waals surface area contributed by atoms with Crippen LogP contribution in [0.3, 0.4) is 0 Å². The molecule has 0 atom stereocenters. The van der Waals surface area contributed by atoms with Gasteiger partial charge in [0.1, 0.15) is 11.5 Å². The van der Waals surface area contributed by atoms with Crippen molar-refractivity contribution >= 4 is 29.2 Å². The summed E-state index contributed by atoms with van der Waals surface area (Å²) in [5.41, 5.74) is 6.18. The molecule has 7 nitrogen and oxygen atoms in total. The van der Waals surface area contributed by atoms with E-state index in [1.165, 1.54) is 22.3 Å². The third-order valence-electron chi connectivity index (χ3n) is 5.65. The molecule has 0 unspecified atom stereocenters. The molecule has 0 aliphatic carbocycles. The van der Waals surface area contributed by atoms with Gasteiger partial charge in [-0.15, -0.1) is 0 Å². The molecule has 0 saturated carbocycles. The number of halogens is 1. The summed E-state index contributed by atoms with van der Waals surface area (Å²) in [6, 6.07) is 20.4. The summed E-state index contributed by atoms with van der Waals surface area (Å²) in [5, 5.41) is 23.6. The molecule has 0 radical (unpaired) electrons. The van der Waals surface area contributed by atoms with Crippen molar-refractivity contribution in [1.29, 1.82) is 0 Å². The smallest absolute Gasteiger partial charge is 0.303 e. The molecule has 0 amide bonds. The maximum Gasteiger partial charge on any atom is 0.303 e. The van der Waals surface area contributed by atoms with Crippen molar-refractivity contribution in [3.8, 4) is 11.5 Å². The minimum Gasteiger partial charge on any atom is -0.481 e. The van der Waals surface area contributed by atoms with Gasteiger partial charge in [-0.05, 0) is 85.4 Å². The first-order valence-electron chi connectivity index (χ1n) is 11.8. The first-order chi connectivity index (χ1) is 17.3. The number of carboxylic acid groups (broad SMARTS) is 2. The number of aliphatic carboxylic acids is 2. The van der Waals surface area contributed by atoms with Gasteiger partial charge in [-0.25, -0.2) is 0 Å². The first kappa shape index (κ1) is 27.0. The predicted molar refractivity (Wildman–Crippen MR) is 141 cm³/mol. The lowest BCUT2D eigenvalue weighted by molar-refractivity contribution is -0.143. The van der Waals surface area contributed by atoms with Crippen LogP contribution in [-0.2, 0) is 29.0 Å². The number of anilines is 1. The van der Waals surface area contributed by atoms with Gasteiger partial charge < -0.3 is 25.6 Å². The fourth-order valence-electron chi connectivity index (χ4n) is 3.83. The van der Waals surface area contributed by atoms with Crippen LogP contribution in [0.2, 0.25) is 5.02 Å². The standard InChI is InChI=1S/C24H25ClN2O.C4H6O4/c1-17-3-2-4-21(15-17)28-20-8-5-18(6-9-20)16-27-24-22-12-14-26-13-11-19(22)7-10-23(24)25;5-3(6)1-2-4(7)8/h2-10,15,26-27H,11-14,16H2,1H3;1-2H2,(H,5,6)(H,7,8). The molecule has 3 aromatic rings. The summed E-state index contributed by atoms with van der Waals surface area (Å²) in [4.78, 5) is 19.3. The van der Waals surface area contributed by atoms with E-state index >= 15 is 0 Å². The summed E-state index contributed by atoms with van der Waals surface area (Å²) in [5.74, 6) is -0.454. The fourth-order valence-corrected chi connectivity index (χ4v) is 4.07. The number of hydrogen-bond acceptors (Lipinski definition) is 5. The minimum absolute atomic E-state index is 0.296. The average molecular weight is 511 g/mol. The molecule has 8 heteroatoms. The molecule has 4 N–H and O–H groups in total. The Morgan fingerprint density at radius 2 is 1.64 bits per heavy atom. The number of carboxylic acids is 2. The third kappa shape index (κ3) is 8.59. The van der Waals surface area contributed by atoms with E-state index in [1.807, 2.05) is 36.4 Å². The first-order valence-corrected chi connectivity index (χ1v) is 12.2. The van der Waals surface area contributed by atoms with Crippen molar-refractivity contribution < 1.29 is 24.5 Å². The van der Waals surface area contributed by atoms with E-state index < -0.39 is 11.9 Å². The van der Waals surface area contributed by atoms with Gasteiger partial charge in [-0.3, -0.25) is 9.59 Å². The summed E-state index contributed by atoms with van der Waals surface area (Å²) < 4.78 is 5.94. The van der Waals surface area contributed by atoms with Crippen LogP contribution < -0.4 is 15.4 Å². The molecule has 36 heavy (non-hydrogen) atoms. The number of benzene rings is 3. The fraction of sp³-hybridized carbons (Fsp3) is 0.286. The lowest BCUT2D eigenvalue weighted by Crippen LogP contribution is -2.16. The van der Waals surface area contributed by atoms with Crippen LogP contribution in [-0.4, -0.2) is 35.2 Å². The van der Waals surface area contributed by atoms with Crippen LogP contribution in [0.25, 0.3) is 0 Å². The summed E-state index contributed by atoms with van der Waals surface area (Å²) >= 11 is 6.51. The molecule has 1 heterocycles. The Hall–Kier alpha value is -3.55. The molecule has 1 aliphatic rings. The van der Waals surface area contributed by atoms with Crippen molar-refractivity contribution in [2.45, 2.75) is 39.2 Å². The van der Waals surface area contributed by atoms with Crippen LogP contribution in [0, 0.1) is 6.92 Å². The van der Waals surface area contributed by atoms with Crippen LogP contribution in [0.1, 0.15) is 35.1 Å². The normalized spacial score (nSPS) is 12.4. The largest absolute Gasteiger partial charge is 0.481 e. The highest BCUT2D eigenvalue weighted by molar-refractivity contribution is 6.33.